The van der Waals surface area contributed by atoms with Gasteiger partial charge in [0.05, 0.1) is 12.1 Å². The molecule has 0 atom stereocenters. The van der Waals surface area contributed by atoms with Crippen molar-refractivity contribution in [2.45, 2.75) is 19.4 Å². The number of rotatable bonds is 7. The van der Waals surface area contributed by atoms with E-state index in [2.05, 4.69) is 9.88 Å². The van der Waals surface area contributed by atoms with Crippen LogP contribution in [-0.4, -0.2) is 80.6 Å². The van der Waals surface area contributed by atoms with E-state index in [1.165, 1.54) is 11.4 Å². The minimum atomic E-state index is -3.48. The van der Waals surface area contributed by atoms with Crippen LogP contribution in [0.5, 0.6) is 0 Å². The van der Waals surface area contributed by atoms with E-state index in [4.69, 9.17) is 15.7 Å². The van der Waals surface area contributed by atoms with Gasteiger partial charge in [0, 0.05) is 39.8 Å². The topological polar surface area (TPSA) is 120 Å². The highest BCUT2D eigenvalue weighted by Gasteiger charge is 2.36. The summed E-state index contributed by atoms with van der Waals surface area (Å²) < 4.78 is 32.8. The van der Waals surface area contributed by atoms with Crippen LogP contribution < -0.4 is 10.5 Å². The molecule has 124 valence electrons. The third-order valence-corrected chi connectivity index (χ3v) is 5.31. The molecular formula is C11H25N5O4S. The summed E-state index contributed by atoms with van der Waals surface area (Å²) in [6.07, 6.45) is 0. The zero-order valence-corrected chi connectivity index (χ0v) is 13.6. The van der Waals surface area contributed by atoms with Gasteiger partial charge in [-0.2, -0.15) is 17.4 Å². The van der Waals surface area contributed by atoms with Crippen molar-refractivity contribution < 1.29 is 18.4 Å². The second-order valence-corrected chi connectivity index (χ2v) is 7.08. The van der Waals surface area contributed by atoms with E-state index in [-0.39, 0.29) is 12.4 Å². The molecule has 0 aromatic rings. The monoisotopic (exact) mass is 323 g/mol. The maximum absolute atomic E-state index is 12.1. The maximum Gasteiger partial charge on any atom is 0.279 e. The van der Waals surface area contributed by atoms with Crippen molar-refractivity contribution in [3.05, 3.63) is 0 Å². The lowest BCUT2D eigenvalue weighted by Crippen LogP contribution is -2.61. The Bertz CT molecular complexity index is 457. The van der Waals surface area contributed by atoms with Gasteiger partial charge in [-0.3, -0.25) is 4.90 Å². The molecule has 21 heavy (non-hydrogen) atoms. The van der Waals surface area contributed by atoms with Crippen molar-refractivity contribution in [1.29, 1.82) is 0 Å². The zero-order valence-electron chi connectivity index (χ0n) is 12.7. The van der Waals surface area contributed by atoms with Crippen LogP contribution in [0.25, 0.3) is 0 Å². The van der Waals surface area contributed by atoms with Crippen LogP contribution in [-0.2, 0) is 14.9 Å². The standard InChI is InChI=1S/C11H25N5O4S/c1-11(2,10(12)14-17)15-5-7-16(8-6-15)21(18,19)13-4-9-20-3/h13,17H,4-9H2,1-3H3,(H2,12,14). The van der Waals surface area contributed by atoms with Crippen molar-refractivity contribution in [2.75, 3.05) is 46.4 Å². The van der Waals surface area contributed by atoms with Gasteiger partial charge >= 0.3 is 0 Å². The SMILES string of the molecule is COCCNS(=O)(=O)N1CCN(C(C)(C)C(N)=NO)CC1. The van der Waals surface area contributed by atoms with Gasteiger partial charge in [0.2, 0.25) is 0 Å². The summed E-state index contributed by atoms with van der Waals surface area (Å²) in [5, 5.41) is 11.9. The Morgan fingerprint density at radius 3 is 2.43 bits per heavy atom. The molecule has 9 nitrogen and oxygen atoms in total. The van der Waals surface area contributed by atoms with Gasteiger partial charge in [-0.15, -0.1) is 0 Å². The summed E-state index contributed by atoms with van der Waals surface area (Å²) in [5.74, 6) is 0.108. The number of nitrogens with two attached hydrogens (primary N) is 1. The van der Waals surface area contributed by atoms with E-state index in [9.17, 15) is 8.42 Å². The van der Waals surface area contributed by atoms with E-state index in [0.29, 0.717) is 32.8 Å². The Kier molecular flexibility index (Phi) is 6.35. The molecular weight excluding hydrogens is 298 g/mol. The Morgan fingerprint density at radius 1 is 1.38 bits per heavy atom. The van der Waals surface area contributed by atoms with Gasteiger partial charge < -0.3 is 15.7 Å². The number of methoxy groups -OCH3 is 1. The average molecular weight is 323 g/mol. The van der Waals surface area contributed by atoms with E-state index in [0.717, 1.165) is 0 Å². The Balaban J connectivity index is 2.60. The summed E-state index contributed by atoms with van der Waals surface area (Å²) in [7, 11) is -1.97. The molecule has 0 aromatic carbocycles. The molecule has 1 heterocycles. The number of nitrogens with one attached hydrogen (secondary N) is 1. The Morgan fingerprint density at radius 2 is 1.95 bits per heavy atom. The largest absolute Gasteiger partial charge is 0.409 e. The first-order valence-corrected chi connectivity index (χ1v) is 8.16. The predicted molar refractivity (Wildman–Crippen MR) is 79.4 cm³/mol. The predicted octanol–water partition coefficient (Wildman–Crippen LogP) is -1.39. The van der Waals surface area contributed by atoms with Gasteiger partial charge in [0.25, 0.3) is 10.2 Å². The molecule has 0 saturated carbocycles. The van der Waals surface area contributed by atoms with Crippen LogP contribution >= 0.6 is 0 Å². The van der Waals surface area contributed by atoms with E-state index < -0.39 is 15.7 Å². The molecule has 0 unspecified atom stereocenters. The number of ether oxygens (including phenoxy) is 1. The van der Waals surface area contributed by atoms with Gasteiger partial charge in [0.1, 0.15) is 0 Å². The highest BCUT2D eigenvalue weighted by Crippen LogP contribution is 2.18. The average Bonchev–Trinajstić information content (AvgIpc) is 2.46. The molecule has 1 fully saturated rings. The molecule has 0 amide bonds. The number of hydrogen-bond acceptors (Lipinski definition) is 6. The first-order chi connectivity index (χ1) is 9.75. The van der Waals surface area contributed by atoms with E-state index in [1.54, 1.807) is 0 Å². The molecule has 1 aliphatic heterocycles. The van der Waals surface area contributed by atoms with Gasteiger partial charge in [-0.25, -0.2) is 0 Å². The normalized spacial score (nSPS) is 19.9. The summed E-state index contributed by atoms with van der Waals surface area (Å²) in [6, 6.07) is 0. The van der Waals surface area contributed by atoms with E-state index >= 15 is 0 Å². The van der Waals surface area contributed by atoms with Crippen LogP contribution in [0, 0.1) is 0 Å². The number of oxime groups is 1. The fraction of sp³-hybridized carbons (Fsp3) is 0.909. The highest BCUT2D eigenvalue weighted by molar-refractivity contribution is 7.87. The van der Waals surface area contributed by atoms with Crippen LogP contribution in [0.1, 0.15) is 13.8 Å². The molecule has 0 aromatic heterocycles. The summed E-state index contributed by atoms with van der Waals surface area (Å²) in [5.41, 5.74) is 5.07. The molecule has 0 spiro atoms. The number of amidine groups is 1. The quantitative estimate of drug-likeness (QED) is 0.174. The summed E-state index contributed by atoms with van der Waals surface area (Å²) in [6.45, 7) is 5.97. The second-order valence-electron chi connectivity index (χ2n) is 5.32. The van der Waals surface area contributed by atoms with Crippen molar-refractivity contribution in [2.24, 2.45) is 10.9 Å². The zero-order chi connectivity index (χ0) is 16.1. The molecule has 1 rings (SSSR count). The second kappa shape index (κ2) is 7.36. The van der Waals surface area contributed by atoms with Crippen molar-refractivity contribution in [3.63, 3.8) is 0 Å². The maximum atomic E-state index is 12.1. The summed E-state index contributed by atoms with van der Waals surface area (Å²) >= 11 is 0. The number of hydrogen-bond donors (Lipinski definition) is 3. The first-order valence-electron chi connectivity index (χ1n) is 6.72. The fourth-order valence-corrected chi connectivity index (χ4v) is 3.30. The Hall–Kier alpha value is -0.940. The van der Waals surface area contributed by atoms with Gasteiger partial charge in [0.15, 0.2) is 5.84 Å². The molecule has 10 heteroatoms. The van der Waals surface area contributed by atoms with Crippen LogP contribution in [0.15, 0.2) is 5.16 Å². The lowest BCUT2D eigenvalue weighted by atomic mass is 10.0. The highest BCUT2D eigenvalue weighted by atomic mass is 32.2. The molecule has 0 bridgehead atoms. The third kappa shape index (κ3) is 4.51. The van der Waals surface area contributed by atoms with Crippen LogP contribution in [0.2, 0.25) is 0 Å². The van der Waals surface area contributed by atoms with Crippen LogP contribution in [0.4, 0.5) is 0 Å². The molecule has 0 radical (unpaired) electrons. The number of nitrogens with zero attached hydrogens (tertiary/aromatic N) is 3. The molecule has 1 saturated heterocycles. The minimum Gasteiger partial charge on any atom is -0.409 e. The molecule has 4 N–H and O–H groups in total. The Labute approximate surface area is 125 Å². The van der Waals surface area contributed by atoms with Crippen molar-refractivity contribution >= 4 is 16.0 Å². The smallest absolute Gasteiger partial charge is 0.279 e. The minimum absolute atomic E-state index is 0.108. The first kappa shape index (κ1) is 18.1. The van der Waals surface area contributed by atoms with Gasteiger partial charge in [-0.05, 0) is 13.8 Å². The third-order valence-electron chi connectivity index (χ3n) is 3.69. The fourth-order valence-electron chi connectivity index (χ4n) is 2.14. The van der Waals surface area contributed by atoms with Crippen LogP contribution in [0.3, 0.4) is 0 Å². The summed E-state index contributed by atoms with van der Waals surface area (Å²) in [4.78, 5) is 1.99. The van der Waals surface area contributed by atoms with Crippen molar-refractivity contribution in [3.8, 4) is 0 Å². The molecule has 0 aliphatic carbocycles. The van der Waals surface area contributed by atoms with Gasteiger partial charge in [-0.1, -0.05) is 5.16 Å². The molecule has 1 aliphatic rings. The lowest BCUT2D eigenvalue weighted by Gasteiger charge is -2.42. The number of piperazine rings is 1. The lowest BCUT2D eigenvalue weighted by molar-refractivity contribution is 0.118. The van der Waals surface area contributed by atoms with Crippen molar-refractivity contribution in [1.82, 2.24) is 13.9 Å². The van der Waals surface area contributed by atoms with E-state index in [1.807, 2.05) is 18.7 Å².